The number of aliphatic hydroxyl groups is 1. The third-order valence-corrected chi connectivity index (χ3v) is 8.98. The van der Waals surface area contributed by atoms with Crippen molar-refractivity contribution in [3.8, 4) is 0 Å². The lowest BCUT2D eigenvalue weighted by atomic mass is 9.86. The van der Waals surface area contributed by atoms with E-state index in [1.165, 1.54) is 0 Å². The number of benzene rings is 1. The summed E-state index contributed by atoms with van der Waals surface area (Å²) in [5.41, 5.74) is 2.49. The number of ether oxygens (including phenoxy) is 1. The van der Waals surface area contributed by atoms with Crippen LogP contribution in [0.4, 0.5) is 9.18 Å². The van der Waals surface area contributed by atoms with E-state index in [2.05, 4.69) is 10.00 Å². The van der Waals surface area contributed by atoms with E-state index in [9.17, 15) is 23.9 Å². The second-order valence-electron chi connectivity index (χ2n) is 12.7. The lowest BCUT2D eigenvalue weighted by Gasteiger charge is -2.33. The van der Waals surface area contributed by atoms with E-state index in [4.69, 9.17) is 4.74 Å². The van der Waals surface area contributed by atoms with Gasteiger partial charge in [-0.1, -0.05) is 37.6 Å². The quantitative estimate of drug-likeness (QED) is 0.221. The van der Waals surface area contributed by atoms with E-state index in [1.807, 2.05) is 58.2 Å². The van der Waals surface area contributed by atoms with Crippen molar-refractivity contribution in [2.75, 3.05) is 33.2 Å². The highest BCUT2D eigenvalue weighted by molar-refractivity contribution is 5.82. The van der Waals surface area contributed by atoms with Crippen LogP contribution in [-0.4, -0.2) is 88.8 Å². The van der Waals surface area contributed by atoms with Gasteiger partial charge in [-0.25, -0.2) is 4.79 Å². The Labute approximate surface area is 259 Å². The number of hydrogen-bond donors (Lipinski definition) is 1. The number of piperazine rings is 1. The van der Waals surface area contributed by atoms with Gasteiger partial charge >= 0.3 is 6.09 Å². The fraction of sp³-hybridized carbons (Fsp3) is 0.588. The highest BCUT2D eigenvalue weighted by atomic mass is 19.1. The molecule has 240 valence electrons. The maximum atomic E-state index is 14.4. The van der Waals surface area contributed by atoms with Gasteiger partial charge in [0.25, 0.3) is 0 Å². The Bertz CT molecular complexity index is 1340. The van der Waals surface area contributed by atoms with E-state index in [1.54, 1.807) is 15.6 Å². The molecule has 1 saturated heterocycles. The molecule has 0 bridgehead atoms. The van der Waals surface area contributed by atoms with Crippen LogP contribution >= 0.6 is 0 Å². The first-order valence-corrected chi connectivity index (χ1v) is 15.8. The second kappa shape index (κ2) is 15.6. The van der Waals surface area contributed by atoms with Crippen LogP contribution < -0.4 is 0 Å². The van der Waals surface area contributed by atoms with Crippen LogP contribution in [0.15, 0.2) is 35.9 Å². The summed E-state index contributed by atoms with van der Waals surface area (Å²) in [6.07, 6.45) is 9.02. The SMILES string of the molecule is C/C(=C\c1ccc2c(F)nn(CC3CC3)c2c1)[C@@H](C=O)[C@@H](C)/C=C/[C@H](OC(=O)N1CCN(C)CC1)[C@@H](C)CC[C@@H](O)CC=O. The molecule has 0 spiro atoms. The normalized spacial score (nSPS) is 20.0. The first kappa shape index (κ1) is 33.5. The molecule has 1 aromatic heterocycles. The van der Waals surface area contributed by atoms with Gasteiger partial charge in [0.15, 0.2) is 0 Å². The molecule has 0 unspecified atom stereocenters. The maximum absolute atomic E-state index is 14.4. The minimum absolute atomic E-state index is 0.0721. The Balaban J connectivity index is 1.48. The molecule has 10 heteroatoms. The number of rotatable bonds is 15. The summed E-state index contributed by atoms with van der Waals surface area (Å²) >= 11 is 0. The van der Waals surface area contributed by atoms with E-state index < -0.39 is 24.1 Å². The summed E-state index contributed by atoms with van der Waals surface area (Å²) in [6, 6.07) is 5.51. The molecular weight excluding hydrogens is 563 g/mol. The molecule has 9 nitrogen and oxygen atoms in total. The Kier molecular flexibility index (Phi) is 11.9. The Hall–Kier alpha value is -3.37. The summed E-state index contributed by atoms with van der Waals surface area (Å²) < 4.78 is 22.2. The number of halogens is 1. The zero-order valence-electron chi connectivity index (χ0n) is 26.4. The summed E-state index contributed by atoms with van der Waals surface area (Å²) in [4.78, 5) is 40.0. The van der Waals surface area contributed by atoms with Gasteiger partial charge in [0, 0.05) is 45.1 Å². The maximum Gasteiger partial charge on any atom is 0.410 e. The van der Waals surface area contributed by atoms with E-state index >= 15 is 0 Å². The molecule has 1 aliphatic heterocycles. The topological polar surface area (TPSA) is 105 Å². The fourth-order valence-electron chi connectivity index (χ4n) is 5.71. The van der Waals surface area contributed by atoms with Crippen LogP contribution in [0.5, 0.6) is 0 Å². The van der Waals surface area contributed by atoms with E-state index in [0.29, 0.717) is 50.1 Å². The zero-order chi connectivity index (χ0) is 31.8. The number of amides is 1. The molecule has 1 aromatic carbocycles. The molecule has 2 aliphatic rings. The number of hydrogen-bond acceptors (Lipinski definition) is 7. The number of likely N-dealkylation sites (N-methyl/N-ethyl adjacent to an activating group) is 1. The Morgan fingerprint density at radius 3 is 2.52 bits per heavy atom. The molecule has 44 heavy (non-hydrogen) atoms. The first-order chi connectivity index (χ1) is 21.1. The highest BCUT2D eigenvalue weighted by Gasteiger charge is 2.27. The third kappa shape index (κ3) is 9.08. The number of nitrogens with zero attached hydrogens (tertiary/aromatic N) is 4. The zero-order valence-corrected chi connectivity index (χ0v) is 26.4. The molecule has 2 aromatic rings. The third-order valence-electron chi connectivity index (χ3n) is 8.98. The predicted octanol–water partition coefficient (Wildman–Crippen LogP) is 5.11. The Morgan fingerprint density at radius 1 is 1.14 bits per heavy atom. The summed E-state index contributed by atoms with van der Waals surface area (Å²) in [5, 5.41) is 14.7. The van der Waals surface area contributed by atoms with Crippen LogP contribution in [0, 0.1) is 29.6 Å². The van der Waals surface area contributed by atoms with Crippen LogP contribution in [0.1, 0.15) is 58.4 Å². The smallest absolute Gasteiger partial charge is 0.410 e. The van der Waals surface area contributed by atoms with Crippen molar-refractivity contribution in [2.45, 2.75) is 71.6 Å². The van der Waals surface area contributed by atoms with Gasteiger partial charge < -0.3 is 29.2 Å². The van der Waals surface area contributed by atoms with Crippen molar-refractivity contribution < 1.29 is 28.6 Å². The summed E-state index contributed by atoms with van der Waals surface area (Å²) in [5.74, 6) is -0.640. The molecule has 1 N–H and O–H groups in total. The van der Waals surface area contributed by atoms with Crippen LogP contribution in [0.3, 0.4) is 0 Å². The number of fused-ring (bicyclic) bond motifs is 1. The van der Waals surface area contributed by atoms with Gasteiger partial charge in [0.1, 0.15) is 18.7 Å². The van der Waals surface area contributed by atoms with Crippen molar-refractivity contribution in [2.24, 2.45) is 23.7 Å². The average molecular weight is 611 g/mol. The van der Waals surface area contributed by atoms with Gasteiger partial charge in [-0.05, 0) is 81.2 Å². The van der Waals surface area contributed by atoms with E-state index in [0.717, 1.165) is 48.9 Å². The molecule has 4 rings (SSSR count). The molecule has 2 fully saturated rings. The average Bonchev–Trinajstić information content (AvgIpc) is 3.76. The molecule has 5 atom stereocenters. The second-order valence-corrected chi connectivity index (χ2v) is 12.7. The summed E-state index contributed by atoms with van der Waals surface area (Å²) in [7, 11) is 2.02. The fourth-order valence-corrected chi connectivity index (χ4v) is 5.71. The number of aliphatic hydroxyl groups excluding tert-OH is 1. The van der Waals surface area contributed by atoms with Crippen molar-refractivity contribution in [3.63, 3.8) is 0 Å². The van der Waals surface area contributed by atoms with Crippen LogP contribution in [0.25, 0.3) is 17.0 Å². The van der Waals surface area contributed by atoms with Crippen molar-refractivity contribution in [3.05, 3.63) is 47.4 Å². The van der Waals surface area contributed by atoms with Crippen molar-refractivity contribution in [1.82, 2.24) is 19.6 Å². The number of carbonyl (C=O) groups is 3. The first-order valence-electron chi connectivity index (χ1n) is 15.8. The Morgan fingerprint density at radius 2 is 1.86 bits per heavy atom. The number of aromatic nitrogens is 2. The molecule has 1 aliphatic carbocycles. The highest BCUT2D eigenvalue weighted by Crippen LogP contribution is 2.32. The van der Waals surface area contributed by atoms with Crippen molar-refractivity contribution in [1.29, 1.82) is 0 Å². The van der Waals surface area contributed by atoms with E-state index in [-0.39, 0.29) is 24.3 Å². The minimum atomic E-state index is -0.734. The van der Waals surface area contributed by atoms with Gasteiger partial charge in [-0.3, -0.25) is 4.68 Å². The molecule has 0 radical (unpaired) electrons. The molecule has 1 saturated carbocycles. The van der Waals surface area contributed by atoms with Gasteiger partial charge in [-0.2, -0.15) is 4.39 Å². The lowest BCUT2D eigenvalue weighted by molar-refractivity contribution is -0.111. The minimum Gasteiger partial charge on any atom is -0.442 e. The van der Waals surface area contributed by atoms with Gasteiger partial charge in [0.05, 0.1) is 17.0 Å². The molecule has 2 heterocycles. The standard InChI is InChI=1S/C34H47FN4O5/c1-23(6-12-32(24(2)5-10-28(42)13-18-40)44-34(43)38-16-14-37(4)15-17-38)30(22-41)25(3)19-27-9-11-29-31(20-27)39(36-33(29)35)21-26-7-8-26/h6,9,11-12,18-20,22-24,26,28,30,32,42H,5,7-8,10,13-17,21H2,1-4H3/b12-6+,25-19+/t23-,24-,28+,30-,32-/m0/s1. The van der Waals surface area contributed by atoms with Gasteiger partial charge in [-0.15, -0.1) is 5.10 Å². The number of carbonyl (C=O) groups excluding carboxylic acids is 3. The largest absolute Gasteiger partial charge is 0.442 e. The molecule has 1 amide bonds. The monoisotopic (exact) mass is 610 g/mol. The lowest BCUT2D eigenvalue weighted by Crippen LogP contribution is -2.48. The number of allylic oxidation sites excluding steroid dienone is 2. The van der Waals surface area contributed by atoms with Crippen LogP contribution in [-0.2, 0) is 20.9 Å². The number of aldehydes is 2. The van der Waals surface area contributed by atoms with Crippen molar-refractivity contribution >= 4 is 35.6 Å². The predicted molar refractivity (Wildman–Crippen MR) is 168 cm³/mol. The molecular formula is C34H47FN4O5. The van der Waals surface area contributed by atoms with Crippen LogP contribution in [0.2, 0.25) is 0 Å². The summed E-state index contributed by atoms with van der Waals surface area (Å²) in [6.45, 7) is 9.26. The van der Waals surface area contributed by atoms with Gasteiger partial charge in [0.2, 0.25) is 5.95 Å².